The summed E-state index contributed by atoms with van der Waals surface area (Å²) in [6.07, 6.45) is -2.74. The van der Waals surface area contributed by atoms with Gasteiger partial charge in [0.2, 0.25) is 0 Å². The third kappa shape index (κ3) is 3.83. The first-order valence-corrected chi connectivity index (χ1v) is 8.78. The molecule has 1 heterocycles. The second-order valence-electron chi connectivity index (χ2n) is 5.60. The number of halogens is 3. The fourth-order valence-corrected chi connectivity index (χ4v) is 3.45. The molecule has 3 nitrogen and oxygen atoms in total. The van der Waals surface area contributed by atoms with Crippen molar-refractivity contribution in [3.05, 3.63) is 82.7 Å². The SMILES string of the molecule is C=CCn1c(SCc2ccc(C(F)(F)F)cc2)nc2ccccc2c1=O. The highest BCUT2D eigenvalue weighted by atomic mass is 32.2. The maximum absolute atomic E-state index is 12.6. The van der Waals surface area contributed by atoms with Crippen LogP contribution in [0.15, 0.2) is 71.1 Å². The predicted molar refractivity (Wildman–Crippen MR) is 97.2 cm³/mol. The van der Waals surface area contributed by atoms with E-state index in [1.54, 1.807) is 30.3 Å². The summed E-state index contributed by atoms with van der Waals surface area (Å²) < 4.78 is 39.4. The average molecular weight is 376 g/mol. The maximum Gasteiger partial charge on any atom is 0.416 e. The van der Waals surface area contributed by atoms with Crippen LogP contribution in [0.25, 0.3) is 10.9 Å². The Kier molecular flexibility index (Phi) is 5.18. The van der Waals surface area contributed by atoms with Gasteiger partial charge in [0.15, 0.2) is 5.16 Å². The minimum Gasteiger partial charge on any atom is -0.283 e. The first-order chi connectivity index (χ1) is 12.4. The molecular formula is C19H15F3N2OS. The summed E-state index contributed by atoms with van der Waals surface area (Å²) >= 11 is 1.31. The van der Waals surface area contributed by atoms with Crippen LogP contribution in [-0.2, 0) is 18.5 Å². The summed E-state index contributed by atoms with van der Waals surface area (Å²) in [4.78, 5) is 17.2. The summed E-state index contributed by atoms with van der Waals surface area (Å²) in [5, 5.41) is 1.03. The molecule has 26 heavy (non-hydrogen) atoms. The van der Waals surface area contributed by atoms with Gasteiger partial charge >= 0.3 is 6.18 Å². The number of fused-ring (bicyclic) bond motifs is 1. The number of aromatic nitrogens is 2. The van der Waals surface area contributed by atoms with Crippen molar-refractivity contribution in [1.82, 2.24) is 9.55 Å². The molecule has 0 aliphatic heterocycles. The minimum atomic E-state index is -4.35. The van der Waals surface area contributed by atoms with Gasteiger partial charge in [-0.2, -0.15) is 13.2 Å². The largest absolute Gasteiger partial charge is 0.416 e. The van der Waals surface area contributed by atoms with Gasteiger partial charge in [0.1, 0.15) is 0 Å². The molecule has 0 radical (unpaired) electrons. The smallest absolute Gasteiger partial charge is 0.283 e. The minimum absolute atomic E-state index is 0.162. The Labute approximate surface area is 152 Å². The number of hydrogen-bond donors (Lipinski definition) is 0. The molecular weight excluding hydrogens is 361 g/mol. The zero-order valence-corrected chi connectivity index (χ0v) is 14.5. The van der Waals surface area contributed by atoms with E-state index in [0.717, 1.165) is 17.7 Å². The molecule has 0 saturated carbocycles. The molecule has 7 heteroatoms. The van der Waals surface area contributed by atoms with E-state index >= 15 is 0 Å². The van der Waals surface area contributed by atoms with Crippen LogP contribution in [0.3, 0.4) is 0 Å². The normalized spacial score (nSPS) is 11.7. The van der Waals surface area contributed by atoms with Crippen LogP contribution in [0, 0.1) is 0 Å². The summed E-state index contributed by atoms with van der Waals surface area (Å²) in [7, 11) is 0. The standard InChI is InChI=1S/C19H15F3N2OS/c1-2-11-24-17(25)15-5-3-4-6-16(15)23-18(24)26-12-13-7-9-14(10-8-13)19(20,21)22/h2-10H,1,11-12H2. The van der Waals surface area contributed by atoms with Gasteiger partial charge in [-0.1, -0.05) is 42.1 Å². The Morgan fingerprint density at radius 3 is 2.46 bits per heavy atom. The van der Waals surface area contributed by atoms with E-state index in [1.165, 1.54) is 28.5 Å². The zero-order valence-electron chi connectivity index (χ0n) is 13.7. The Bertz CT molecular complexity index is 994. The number of rotatable bonds is 5. The lowest BCUT2D eigenvalue weighted by Crippen LogP contribution is -2.22. The lowest BCUT2D eigenvalue weighted by molar-refractivity contribution is -0.137. The monoisotopic (exact) mass is 376 g/mol. The molecule has 134 valence electrons. The molecule has 0 fully saturated rings. The van der Waals surface area contributed by atoms with Crippen molar-refractivity contribution in [3.8, 4) is 0 Å². The molecule has 0 N–H and O–H groups in total. The highest BCUT2D eigenvalue weighted by molar-refractivity contribution is 7.98. The zero-order chi connectivity index (χ0) is 18.7. The number of nitrogens with zero attached hydrogens (tertiary/aromatic N) is 2. The van der Waals surface area contributed by atoms with Gasteiger partial charge in [-0.05, 0) is 29.8 Å². The highest BCUT2D eigenvalue weighted by Gasteiger charge is 2.29. The van der Waals surface area contributed by atoms with Crippen molar-refractivity contribution in [2.75, 3.05) is 0 Å². The van der Waals surface area contributed by atoms with Crippen molar-refractivity contribution in [2.45, 2.75) is 23.6 Å². The molecule has 0 spiro atoms. The number of alkyl halides is 3. The van der Waals surface area contributed by atoms with Gasteiger partial charge in [0, 0.05) is 12.3 Å². The Morgan fingerprint density at radius 2 is 1.81 bits per heavy atom. The first kappa shape index (κ1) is 18.3. The quantitative estimate of drug-likeness (QED) is 0.361. The molecule has 3 aromatic rings. The maximum atomic E-state index is 12.6. The highest BCUT2D eigenvalue weighted by Crippen LogP contribution is 2.30. The van der Waals surface area contributed by atoms with E-state index < -0.39 is 11.7 Å². The second-order valence-corrected chi connectivity index (χ2v) is 6.54. The van der Waals surface area contributed by atoms with E-state index in [0.29, 0.717) is 28.4 Å². The average Bonchev–Trinajstić information content (AvgIpc) is 2.62. The molecule has 0 atom stereocenters. The Morgan fingerprint density at radius 1 is 1.12 bits per heavy atom. The van der Waals surface area contributed by atoms with E-state index in [9.17, 15) is 18.0 Å². The number of benzene rings is 2. The van der Waals surface area contributed by atoms with Crippen molar-refractivity contribution in [1.29, 1.82) is 0 Å². The van der Waals surface area contributed by atoms with Crippen LogP contribution < -0.4 is 5.56 Å². The summed E-state index contributed by atoms with van der Waals surface area (Å²) in [6, 6.07) is 12.0. The molecule has 0 amide bonds. The van der Waals surface area contributed by atoms with Gasteiger partial charge in [0.25, 0.3) is 5.56 Å². The van der Waals surface area contributed by atoms with Crippen molar-refractivity contribution < 1.29 is 13.2 Å². The number of thioether (sulfide) groups is 1. The molecule has 1 aromatic heterocycles. The fourth-order valence-electron chi connectivity index (χ4n) is 2.49. The topological polar surface area (TPSA) is 34.9 Å². The number of para-hydroxylation sites is 1. The lowest BCUT2D eigenvalue weighted by atomic mass is 10.1. The second kappa shape index (κ2) is 7.37. The van der Waals surface area contributed by atoms with Gasteiger partial charge in [0.05, 0.1) is 16.5 Å². The van der Waals surface area contributed by atoms with Crippen LogP contribution in [0.2, 0.25) is 0 Å². The summed E-state index contributed by atoms with van der Waals surface area (Å²) in [5.74, 6) is 0.403. The molecule has 0 unspecified atom stereocenters. The van der Waals surface area contributed by atoms with E-state index in [1.807, 2.05) is 0 Å². The van der Waals surface area contributed by atoms with Gasteiger partial charge in [-0.15, -0.1) is 6.58 Å². The molecule has 0 bridgehead atoms. The van der Waals surface area contributed by atoms with Crippen molar-refractivity contribution >= 4 is 22.7 Å². The van der Waals surface area contributed by atoms with E-state index in [-0.39, 0.29) is 5.56 Å². The lowest BCUT2D eigenvalue weighted by Gasteiger charge is -2.12. The third-order valence-corrected chi connectivity index (χ3v) is 4.84. The molecule has 0 aliphatic rings. The van der Waals surface area contributed by atoms with Crippen LogP contribution in [-0.4, -0.2) is 9.55 Å². The molecule has 0 aliphatic carbocycles. The van der Waals surface area contributed by atoms with Crippen LogP contribution in [0.5, 0.6) is 0 Å². The van der Waals surface area contributed by atoms with E-state index in [4.69, 9.17) is 0 Å². The summed E-state index contributed by atoms with van der Waals surface area (Å²) in [6.45, 7) is 3.98. The van der Waals surface area contributed by atoms with E-state index in [2.05, 4.69) is 11.6 Å². The van der Waals surface area contributed by atoms with Gasteiger partial charge in [-0.25, -0.2) is 4.98 Å². The Hall–Kier alpha value is -2.54. The van der Waals surface area contributed by atoms with Gasteiger partial charge in [-0.3, -0.25) is 9.36 Å². The van der Waals surface area contributed by atoms with Crippen LogP contribution in [0.4, 0.5) is 13.2 Å². The van der Waals surface area contributed by atoms with Gasteiger partial charge < -0.3 is 0 Å². The first-order valence-electron chi connectivity index (χ1n) is 7.79. The molecule has 0 saturated heterocycles. The van der Waals surface area contributed by atoms with Crippen LogP contribution in [0.1, 0.15) is 11.1 Å². The summed E-state index contributed by atoms with van der Waals surface area (Å²) in [5.41, 5.74) is 0.465. The number of hydrogen-bond acceptors (Lipinski definition) is 3. The Balaban J connectivity index is 1.89. The van der Waals surface area contributed by atoms with Crippen LogP contribution >= 0.6 is 11.8 Å². The predicted octanol–water partition coefficient (Wildman–Crippen LogP) is 4.89. The molecule has 3 rings (SSSR count). The van der Waals surface area contributed by atoms with Crippen molar-refractivity contribution in [3.63, 3.8) is 0 Å². The molecule has 2 aromatic carbocycles. The third-order valence-electron chi connectivity index (χ3n) is 3.79. The number of allylic oxidation sites excluding steroid dienone is 1. The fraction of sp³-hybridized carbons (Fsp3) is 0.158. The van der Waals surface area contributed by atoms with Crippen molar-refractivity contribution in [2.24, 2.45) is 0 Å².